The molecule has 0 radical (unpaired) electrons. The van der Waals surface area contributed by atoms with Crippen LogP contribution in [0.5, 0.6) is 0 Å². The van der Waals surface area contributed by atoms with Gasteiger partial charge in [-0.1, -0.05) is 0 Å². The monoisotopic (exact) mass is 225 g/mol. The number of aliphatic hydroxyl groups is 1. The quantitative estimate of drug-likeness (QED) is 0.824. The Morgan fingerprint density at radius 2 is 2.13 bits per heavy atom. The highest BCUT2D eigenvalue weighted by Gasteiger charge is 2.18. The predicted molar refractivity (Wildman–Crippen MR) is 64.0 cm³/mol. The van der Waals surface area contributed by atoms with Gasteiger partial charge in [0.15, 0.2) is 0 Å². The van der Waals surface area contributed by atoms with E-state index in [9.17, 15) is 5.11 Å². The van der Waals surface area contributed by atoms with Gasteiger partial charge in [0, 0.05) is 6.54 Å². The average Bonchev–Trinajstić information content (AvgIpc) is 2.74. The summed E-state index contributed by atoms with van der Waals surface area (Å²) in [6.07, 6.45) is 4.31. The summed E-state index contributed by atoms with van der Waals surface area (Å²) >= 11 is 1.75. The van der Waals surface area contributed by atoms with E-state index in [0.29, 0.717) is 0 Å². The molecule has 1 saturated carbocycles. The van der Waals surface area contributed by atoms with E-state index in [2.05, 4.69) is 22.1 Å². The smallest absolute Gasteiger partial charge is 0.0540 e. The van der Waals surface area contributed by atoms with Gasteiger partial charge in [-0.15, -0.1) is 0 Å². The molecule has 1 heterocycles. The van der Waals surface area contributed by atoms with Gasteiger partial charge in [-0.05, 0) is 60.5 Å². The fraction of sp³-hybridized carbons (Fsp3) is 0.667. The van der Waals surface area contributed by atoms with E-state index in [1.165, 1.54) is 18.4 Å². The second-order valence-corrected chi connectivity index (χ2v) is 5.22. The van der Waals surface area contributed by atoms with Gasteiger partial charge < -0.3 is 10.4 Å². The highest BCUT2D eigenvalue weighted by Crippen LogP contribution is 2.23. The zero-order chi connectivity index (χ0) is 10.5. The Morgan fingerprint density at radius 3 is 2.80 bits per heavy atom. The van der Waals surface area contributed by atoms with Gasteiger partial charge in [-0.25, -0.2) is 0 Å². The van der Waals surface area contributed by atoms with E-state index in [1.807, 2.05) is 0 Å². The van der Waals surface area contributed by atoms with Crippen LogP contribution in [0.15, 0.2) is 16.8 Å². The van der Waals surface area contributed by atoms with Crippen LogP contribution in [0.2, 0.25) is 0 Å². The molecule has 0 atom stereocenters. The number of hydrogen-bond acceptors (Lipinski definition) is 3. The van der Waals surface area contributed by atoms with E-state index >= 15 is 0 Å². The summed E-state index contributed by atoms with van der Waals surface area (Å²) < 4.78 is 0. The van der Waals surface area contributed by atoms with Crippen molar-refractivity contribution in [1.82, 2.24) is 5.32 Å². The van der Waals surface area contributed by atoms with Crippen LogP contribution in [-0.4, -0.2) is 17.8 Å². The first-order valence-corrected chi connectivity index (χ1v) is 6.68. The Bertz CT molecular complexity index is 265. The van der Waals surface area contributed by atoms with Crippen LogP contribution in [0.3, 0.4) is 0 Å². The summed E-state index contributed by atoms with van der Waals surface area (Å²) in [6.45, 7) is 2.09. The predicted octanol–water partition coefficient (Wildman–Crippen LogP) is 2.39. The summed E-state index contributed by atoms with van der Waals surface area (Å²) in [5.41, 5.74) is 1.39. The van der Waals surface area contributed by atoms with Crippen LogP contribution >= 0.6 is 11.3 Å². The van der Waals surface area contributed by atoms with Crippen molar-refractivity contribution in [1.29, 1.82) is 0 Å². The van der Waals surface area contributed by atoms with Crippen LogP contribution in [0.1, 0.15) is 31.2 Å². The van der Waals surface area contributed by atoms with Gasteiger partial charge in [-0.2, -0.15) is 11.3 Å². The van der Waals surface area contributed by atoms with Gasteiger partial charge in [0.2, 0.25) is 0 Å². The molecule has 1 aliphatic carbocycles. The summed E-state index contributed by atoms with van der Waals surface area (Å²) in [5.74, 6) is 0.770. The fourth-order valence-electron chi connectivity index (χ4n) is 2.16. The van der Waals surface area contributed by atoms with Crippen molar-refractivity contribution in [3.05, 3.63) is 22.4 Å². The second kappa shape index (κ2) is 5.64. The summed E-state index contributed by atoms with van der Waals surface area (Å²) in [5, 5.41) is 17.2. The molecule has 2 nitrogen and oxygen atoms in total. The van der Waals surface area contributed by atoms with E-state index in [1.54, 1.807) is 11.3 Å². The molecule has 84 valence electrons. The third kappa shape index (κ3) is 3.59. The third-order valence-corrected chi connectivity index (χ3v) is 3.89. The largest absolute Gasteiger partial charge is 0.393 e. The van der Waals surface area contributed by atoms with Gasteiger partial charge in [0.1, 0.15) is 0 Å². The van der Waals surface area contributed by atoms with Gasteiger partial charge in [0.05, 0.1) is 6.10 Å². The molecule has 3 heteroatoms. The molecular weight excluding hydrogens is 206 g/mol. The highest BCUT2D eigenvalue weighted by atomic mass is 32.1. The van der Waals surface area contributed by atoms with Crippen molar-refractivity contribution in [2.24, 2.45) is 5.92 Å². The maximum absolute atomic E-state index is 9.38. The van der Waals surface area contributed by atoms with Crippen LogP contribution in [-0.2, 0) is 6.54 Å². The Balaban J connectivity index is 1.62. The lowest BCUT2D eigenvalue weighted by Crippen LogP contribution is -2.27. The molecule has 1 aliphatic rings. The zero-order valence-corrected chi connectivity index (χ0v) is 9.80. The highest BCUT2D eigenvalue weighted by molar-refractivity contribution is 7.07. The van der Waals surface area contributed by atoms with Crippen molar-refractivity contribution in [3.8, 4) is 0 Å². The van der Waals surface area contributed by atoms with Crippen molar-refractivity contribution in [3.63, 3.8) is 0 Å². The topological polar surface area (TPSA) is 32.3 Å². The van der Waals surface area contributed by atoms with E-state index < -0.39 is 0 Å². The second-order valence-electron chi connectivity index (χ2n) is 4.44. The molecule has 2 rings (SSSR count). The Labute approximate surface area is 95.3 Å². The van der Waals surface area contributed by atoms with Gasteiger partial charge in [0.25, 0.3) is 0 Å². The number of aliphatic hydroxyl groups excluding tert-OH is 1. The minimum Gasteiger partial charge on any atom is -0.393 e. The number of thiophene rings is 1. The van der Waals surface area contributed by atoms with Crippen molar-refractivity contribution >= 4 is 11.3 Å². The lowest BCUT2D eigenvalue weighted by atomic mass is 9.87. The Morgan fingerprint density at radius 1 is 1.33 bits per heavy atom. The first-order valence-electron chi connectivity index (χ1n) is 5.74. The van der Waals surface area contributed by atoms with E-state index in [-0.39, 0.29) is 6.10 Å². The molecule has 1 aromatic heterocycles. The van der Waals surface area contributed by atoms with Crippen LogP contribution in [0.25, 0.3) is 0 Å². The van der Waals surface area contributed by atoms with Gasteiger partial charge >= 0.3 is 0 Å². The molecule has 0 aromatic carbocycles. The normalized spacial score (nSPS) is 26.7. The SMILES string of the molecule is OC1CCC(CNCc2ccsc2)CC1. The molecule has 0 bridgehead atoms. The fourth-order valence-corrected chi connectivity index (χ4v) is 2.83. The first kappa shape index (κ1) is 11.1. The maximum atomic E-state index is 9.38. The number of rotatable bonds is 4. The molecule has 0 unspecified atom stereocenters. The summed E-state index contributed by atoms with van der Waals surface area (Å²) in [4.78, 5) is 0. The molecule has 1 aromatic rings. The molecule has 0 spiro atoms. The zero-order valence-electron chi connectivity index (χ0n) is 8.98. The van der Waals surface area contributed by atoms with E-state index in [4.69, 9.17) is 0 Å². The minimum absolute atomic E-state index is 0.0295. The Kier molecular flexibility index (Phi) is 4.18. The molecule has 2 N–H and O–H groups in total. The molecule has 0 aliphatic heterocycles. The molecule has 0 saturated heterocycles. The number of hydrogen-bond donors (Lipinski definition) is 2. The minimum atomic E-state index is -0.0295. The molecule has 1 fully saturated rings. The standard InChI is InChI=1S/C12H19NOS/c14-12-3-1-10(2-4-12)7-13-8-11-5-6-15-9-11/h5-6,9-10,12-14H,1-4,7-8H2. The van der Waals surface area contributed by atoms with E-state index in [0.717, 1.165) is 31.8 Å². The number of nitrogens with one attached hydrogen (secondary N) is 1. The summed E-state index contributed by atoms with van der Waals surface area (Å²) in [7, 11) is 0. The van der Waals surface area contributed by atoms with Crippen molar-refractivity contribution in [2.75, 3.05) is 6.54 Å². The third-order valence-electron chi connectivity index (χ3n) is 3.16. The lowest BCUT2D eigenvalue weighted by Gasteiger charge is -2.25. The average molecular weight is 225 g/mol. The molecule has 15 heavy (non-hydrogen) atoms. The van der Waals surface area contributed by atoms with Crippen LogP contribution in [0.4, 0.5) is 0 Å². The van der Waals surface area contributed by atoms with Crippen LogP contribution in [0, 0.1) is 5.92 Å². The van der Waals surface area contributed by atoms with Crippen LogP contribution < -0.4 is 5.32 Å². The lowest BCUT2D eigenvalue weighted by molar-refractivity contribution is 0.108. The first-order chi connectivity index (χ1) is 7.34. The maximum Gasteiger partial charge on any atom is 0.0540 e. The van der Waals surface area contributed by atoms with Gasteiger partial charge in [-0.3, -0.25) is 0 Å². The van der Waals surface area contributed by atoms with Crippen molar-refractivity contribution < 1.29 is 5.11 Å². The Hall–Kier alpha value is -0.380. The molecule has 0 amide bonds. The van der Waals surface area contributed by atoms with Crippen molar-refractivity contribution in [2.45, 2.75) is 38.3 Å². The molecular formula is C12H19NOS. The summed E-state index contributed by atoms with van der Waals surface area (Å²) in [6, 6.07) is 2.17.